The standard InChI is InChI=1S/C14H20BrNO3/c1-3-16(8-9-17)14(18)7-4-11-10-12(15)5-6-13(11)19-2/h5-6,10,17H,3-4,7-9H2,1-2H3. The summed E-state index contributed by atoms with van der Waals surface area (Å²) in [5.74, 6) is 0.847. The van der Waals surface area contributed by atoms with Gasteiger partial charge in [0.2, 0.25) is 5.91 Å². The number of aliphatic hydroxyl groups is 1. The molecule has 5 heteroatoms. The molecular weight excluding hydrogens is 310 g/mol. The summed E-state index contributed by atoms with van der Waals surface area (Å²) in [6.45, 7) is 2.92. The Morgan fingerprint density at radius 1 is 1.47 bits per heavy atom. The highest BCUT2D eigenvalue weighted by Crippen LogP contribution is 2.24. The van der Waals surface area contributed by atoms with Gasteiger partial charge in [-0.1, -0.05) is 15.9 Å². The minimum Gasteiger partial charge on any atom is -0.496 e. The number of likely N-dealkylation sites (N-methyl/N-ethyl adjacent to an activating group) is 1. The van der Waals surface area contributed by atoms with Gasteiger partial charge >= 0.3 is 0 Å². The molecule has 0 aliphatic heterocycles. The van der Waals surface area contributed by atoms with E-state index in [9.17, 15) is 4.79 Å². The van der Waals surface area contributed by atoms with Gasteiger partial charge in [0.15, 0.2) is 0 Å². The molecule has 0 aromatic heterocycles. The topological polar surface area (TPSA) is 49.8 Å². The molecule has 0 radical (unpaired) electrons. The van der Waals surface area contributed by atoms with Gasteiger partial charge in [0, 0.05) is 24.0 Å². The largest absolute Gasteiger partial charge is 0.496 e. The van der Waals surface area contributed by atoms with Gasteiger partial charge in [-0.2, -0.15) is 0 Å². The van der Waals surface area contributed by atoms with E-state index in [2.05, 4.69) is 15.9 Å². The maximum Gasteiger partial charge on any atom is 0.222 e. The number of ether oxygens (including phenoxy) is 1. The summed E-state index contributed by atoms with van der Waals surface area (Å²) in [5.41, 5.74) is 1.00. The molecule has 1 aromatic carbocycles. The molecule has 0 aliphatic carbocycles. The molecule has 1 rings (SSSR count). The van der Waals surface area contributed by atoms with E-state index in [0.29, 0.717) is 25.9 Å². The zero-order valence-corrected chi connectivity index (χ0v) is 12.9. The zero-order valence-electron chi connectivity index (χ0n) is 11.4. The summed E-state index contributed by atoms with van der Waals surface area (Å²) < 4.78 is 6.25. The van der Waals surface area contributed by atoms with Crippen molar-refractivity contribution in [3.8, 4) is 5.75 Å². The van der Waals surface area contributed by atoms with Crippen LogP contribution in [-0.4, -0.2) is 42.7 Å². The summed E-state index contributed by atoms with van der Waals surface area (Å²) in [6, 6.07) is 5.76. The number of methoxy groups -OCH3 is 1. The van der Waals surface area contributed by atoms with Crippen LogP contribution in [0.15, 0.2) is 22.7 Å². The maximum absolute atomic E-state index is 12.0. The van der Waals surface area contributed by atoms with Gasteiger partial charge in [-0.3, -0.25) is 4.79 Å². The number of aliphatic hydroxyl groups excluding tert-OH is 1. The third kappa shape index (κ3) is 4.84. The first-order chi connectivity index (χ1) is 9.12. The predicted octanol–water partition coefficient (Wildman–Crippen LogP) is 2.23. The van der Waals surface area contributed by atoms with Crippen LogP contribution < -0.4 is 4.74 Å². The minimum absolute atomic E-state index is 0.000212. The molecule has 0 spiro atoms. The number of hydrogen-bond donors (Lipinski definition) is 1. The molecule has 1 amide bonds. The summed E-state index contributed by atoms with van der Waals surface area (Å²) in [5, 5.41) is 8.90. The number of amides is 1. The van der Waals surface area contributed by atoms with Crippen LogP contribution in [0, 0.1) is 0 Å². The number of nitrogens with zero attached hydrogens (tertiary/aromatic N) is 1. The molecule has 0 bridgehead atoms. The van der Waals surface area contributed by atoms with E-state index < -0.39 is 0 Å². The first kappa shape index (κ1) is 16.0. The van der Waals surface area contributed by atoms with E-state index >= 15 is 0 Å². The second kappa shape index (κ2) is 8.17. The summed E-state index contributed by atoms with van der Waals surface area (Å²) >= 11 is 3.42. The van der Waals surface area contributed by atoms with E-state index in [4.69, 9.17) is 9.84 Å². The number of benzene rings is 1. The van der Waals surface area contributed by atoms with Crippen molar-refractivity contribution < 1.29 is 14.6 Å². The Morgan fingerprint density at radius 3 is 2.79 bits per heavy atom. The van der Waals surface area contributed by atoms with Crippen LogP contribution in [0.5, 0.6) is 5.75 Å². The SMILES string of the molecule is CCN(CCO)C(=O)CCc1cc(Br)ccc1OC. The Hall–Kier alpha value is -1.07. The lowest BCUT2D eigenvalue weighted by molar-refractivity contribution is -0.131. The Labute approximate surface area is 122 Å². The number of carbonyl (C=O) groups is 1. The van der Waals surface area contributed by atoms with E-state index in [0.717, 1.165) is 15.8 Å². The fraction of sp³-hybridized carbons (Fsp3) is 0.500. The molecule has 1 N–H and O–H groups in total. The molecule has 19 heavy (non-hydrogen) atoms. The van der Waals surface area contributed by atoms with Crippen molar-refractivity contribution >= 4 is 21.8 Å². The average Bonchev–Trinajstić information content (AvgIpc) is 2.42. The normalized spacial score (nSPS) is 10.3. The van der Waals surface area contributed by atoms with E-state index in [1.54, 1.807) is 12.0 Å². The summed E-state index contributed by atoms with van der Waals surface area (Å²) in [6.07, 6.45) is 1.05. The first-order valence-electron chi connectivity index (χ1n) is 6.33. The minimum atomic E-state index is -0.000212. The molecule has 1 aromatic rings. The van der Waals surface area contributed by atoms with Crippen molar-refractivity contribution in [3.63, 3.8) is 0 Å². The van der Waals surface area contributed by atoms with Gasteiger partial charge in [-0.05, 0) is 37.1 Å². The molecule has 0 atom stereocenters. The van der Waals surface area contributed by atoms with Gasteiger partial charge in [-0.25, -0.2) is 0 Å². The average molecular weight is 330 g/mol. The molecule has 0 unspecified atom stereocenters. The maximum atomic E-state index is 12.0. The number of aryl methyl sites for hydroxylation is 1. The fourth-order valence-electron chi connectivity index (χ4n) is 1.92. The van der Waals surface area contributed by atoms with Crippen LogP contribution in [0.4, 0.5) is 0 Å². The third-order valence-electron chi connectivity index (χ3n) is 2.95. The van der Waals surface area contributed by atoms with Crippen LogP contribution in [0.2, 0.25) is 0 Å². The fourth-order valence-corrected chi connectivity index (χ4v) is 2.33. The molecule has 0 aliphatic rings. The van der Waals surface area contributed by atoms with E-state index in [-0.39, 0.29) is 12.5 Å². The Kier molecular flexibility index (Phi) is 6.87. The summed E-state index contributed by atoms with van der Waals surface area (Å²) in [7, 11) is 1.62. The number of rotatable bonds is 7. The van der Waals surface area contributed by atoms with Gasteiger partial charge in [0.25, 0.3) is 0 Å². The van der Waals surface area contributed by atoms with Crippen molar-refractivity contribution in [1.29, 1.82) is 0 Å². The molecular formula is C14H20BrNO3. The van der Waals surface area contributed by atoms with E-state index in [1.807, 2.05) is 25.1 Å². The number of carbonyl (C=O) groups excluding carboxylic acids is 1. The molecule has 0 saturated heterocycles. The number of halogens is 1. The van der Waals surface area contributed by atoms with Crippen molar-refractivity contribution in [2.45, 2.75) is 19.8 Å². The van der Waals surface area contributed by atoms with Crippen molar-refractivity contribution in [2.75, 3.05) is 26.8 Å². The Morgan fingerprint density at radius 2 is 2.21 bits per heavy atom. The molecule has 0 fully saturated rings. The van der Waals surface area contributed by atoms with Crippen LogP contribution in [0.1, 0.15) is 18.9 Å². The molecule has 106 valence electrons. The van der Waals surface area contributed by atoms with Crippen LogP contribution >= 0.6 is 15.9 Å². The van der Waals surface area contributed by atoms with Crippen LogP contribution in [-0.2, 0) is 11.2 Å². The van der Waals surface area contributed by atoms with Crippen LogP contribution in [0.3, 0.4) is 0 Å². The van der Waals surface area contributed by atoms with Crippen molar-refractivity contribution in [2.24, 2.45) is 0 Å². The summed E-state index contributed by atoms with van der Waals surface area (Å²) in [4.78, 5) is 13.6. The first-order valence-corrected chi connectivity index (χ1v) is 7.12. The highest BCUT2D eigenvalue weighted by molar-refractivity contribution is 9.10. The number of hydrogen-bond acceptors (Lipinski definition) is 3. The van der Waals surface area contributed by atoms with Crippen LogP contribution in [0.25, 0.3) is 0 Å². The molecule has 0 saturated carbocycles. The quantitative estimate of drug-likeness (QED) is 0.834. The molecule has 4 nitrogen and oxygen atoms in total. The van der Waals surface area contributed by atoms with E-state index in [1.165, 1.54) is 0 Å². The monoisotopic (exact) mass is 329 g/mol. The lowest BCUT2D eigenvalue weighted by Gasteiger charge is -2.19. The molecule has 0 heterocycles. The van der Waals surface area contributed by atoms with Gasteiger partial charge < -0.3 is 14.7 Å². The predicted molar refractivity (Wildman–Crippen MR) is 78.4 cm³/mol. The van der Waals surface area contributed by atoms with Gasteiger partial charge in [-0.15, -0.1) is 0 Å². The second-order valence-corrected chi connectivity index (χ2v) is 5.07. The Bertz CT molecular complexity index is 423. The van der Waals surface area contributed by atoms with Gasteiger partial charge in [0.05, 0.1) is 13.7 Å². The Balaban J connectivity index is 2.65. The lowest BCUT2D eigenvalue weighted by Crippen LogP contribution is -2.33. The lowest BCUT2D eigenvalue weighted by atomic mass is 10.1. The zero-order chi connectivity index (χ0) is 14.3. The highest BCUT2D eigenvalue weighted by atomic mass is 79.9. The smallest absolute Gasteiger partial charge is 0.222 e. The second-order valence-electron chi connectivity index (χ2n) is 4.15. The highest BCUT2D eigenvalue weighted by Gasteiger charge is 2.12. The van der Waals surface area contributed by atoms with Crippen molar-refractivity contribution in [1.82, 2.24) is 4.90 Å². The van der Waals surface area contributed by atoms with Crippen molar-refractivity contribution in [3.05, 3.63) is 28.2 Å². The third-order valence-corrected chi connectivity index (χ3v) is 3.45. The van der Waals surface area contributed by atoms with Gasteiger partial charge in [0.1, 0.15) is 5.75 Å².